The fraction of sp³-hybridized carbons (Fsp3) is 0.909. The highest BCUT2D eigenvalue weighted by molar-refractivity contribution is 7.91. The van der Waals surface area contributed by atoms with Crippen LogP contribution in [0.4, 0.5) is 0 Å². The van der Waals surface area contributed by atoms with Crippen molar-refractivity contribution < 1.29 is 17.9 Å². The molecule has 0 aromatic rings. The van der Waals surface area contributed by atoms with Crippen LogP contribution in [0.5, 0.6) is 0 Å². The van der Waals surface area contributed by atoms with E-state index in [0.29, 0.717) is 26.1 Å². The molecular formula is C11H20N2O4S. The van der Waals surface area contributed by atoms with Gasteiger partial charge in [-0.15, -0.1) is 0 Å². The van der Waals surface area contributed by atoms with Gasteiger partial charge in [0.25, 0.3) is 5.91 Å². The van der Waals surface area contributed by atoms with Gasteiger partial charge in [0.05, 0.1) is 18.1 Å². The molecule has 0 bridgehead atoms. The van der Waals surface area contributed by atoms with Crippen LogP contribution in [0.25, 0.3) is 0 Å². The maximum absolute atomic E-state index is 12.3. The van der Waals surface area contributed by atoms with Crippen molar-refractivity contribution in [1.82, 2.24) is 10.2 Å². The van der Waals surface area contributed by atoms with Crippen LogP contribution in [0, 0.1) is 0 Å². The van der Waals surface area contributed by atoms with E-state index in [-0.39, 0.29) is 23.5 Å². The zero-order valence-corrected chi connectivity index (χ0v) is 11.4. The Morgan fingerprint density at radius 2 is 2.28 bits per heavy atom. The van der Waals surface area contributed by atoms with Crippen molar-refractivity contribution in [3.05, 3.63) is 0 Å². The summed E-state index contributed by atoms with van der Waals surface area (Å²) in [6.45, 7) is 4.19. The number of nitrogens with zero attached hydrogens (tertiary/aromatic N) is 1. The first-order valence-electron chi connectivity index (χ1n) is 6.36. The number of likely N-dealkylation sites (N-methyl/N-ethyl adjacent to an activating group) is 1. The summed E-state index contributed by atoms with van der Waals surface area (Å²) < 4.78 is 28.4. The second-order valence-electron chi connectivity index (χ2n) is 4.74. The zero-order valence-electron chi connectivity index (χ0n) is 10.6. The van der Waals surface area contributed by atoms with Gasteiger partial charge in [0.15, 0.2) is 9.84 Å². The predicted molar refractivity (Wildman–Crippen MR) is 67.1 cm³/mol. The van der Waals surface area contributed by atoms with E-state index in [1.54, 1.807) is 4.90 Å². The Morgan fingerprint density at radius 3 is 2.78 bits per heavy atom. The van der Waals surface area contributed by atoms with Gasteiger partial charge in [-0.3, -0.25) is 4.79 Å². The quantitative estimate of drug-likeness (QED) is 0.716. The monoisotopic (exact) mass is 276 g/mol. The minimum atomic E-state index is -2.97. The summed E-state index contributed by atoms with van der Waals surface area (Å²) in [6, 6.07) is -0.182. The lowest BCUT2D eigenvalue weighted by atomic mass is 10.2. The van der Waals surface area contributed by atoms with E-state index in [2.05, 4.69) is 5.32 Å². The molecule has 0 saturated carbocycles. The molecule has 0 spiro atoms. The highest BCUT2D eigenvalue weighted by atomic mass is 32.2. The molecule has 0 radical (unpaired) electrons. The number of ether oxygens (including phenoxy) is 1. The second kappa shape index (κ2) is 5.54. The number of carbonyl (C=O) groups excluding carboxylic acids is 1. The summed E-state index contributed by atoms with van der Waals surface area (Å²) in [6.07, 6.45) is 0.0733. The lowest BCUT2D eigenvalue weighted by Crippen LogP contribution is -2.52. The summed E-state index contributed by atoms with van der Waals surface area (Å²) >= 11 is 0. The highest BCUT2D eigenvalue weighted by Crippen LogP contribution is 2.19. The Labute approximate surface area is 108 Å². The van der Waals surface area contributed by atoms with Gasteiger partial charge in [-0.05, 0) is 13.3 Å². The number of morpholine rings is 1. The van der Waals surface area contributed by atoms with Crippen LogP contribution < -0.4 is 5.32 Å². The van der Waals surface area contributed by atoms with Crippen LogP contribution in [0.2, 0.25) is 0 Å². The molecule has 2 rings (SSSR count). The molecule has 104 valence electrons. The first kappa shape index (κ1) is 13.8. The maximum Gasteiger partial charge on any atom is 0.253 e. The molecule has 1 amide bonds. The molecule has 2 aliphatic rings. The standard InChI is InChI=1S/C11H20N2O4S/c1-2-13(9-3-6-18(15,16)8-9)11(14)10-7-12-4-5-17-10/h9-10,12H,2-8H2,1H3. The van der Waals surface area contributed by atoms with Crippen molar-refractivity contribution in [3.8, 4) is 0 Å². The van der Waals surface area contributed by atoms with Crippen LogP contribution in [0.15, 0.2) is 0 Å². The van der Waals surface area contributed by atoms with E-state index in [0.717, 1.165) is 6.54 Å². The first-order valence-corrected chi connectivity index (χ1v) is 8.19. The molecule has 1 N–H and O–H groups in total. The number of carbonyl (C=O) groups is 1. The molecule has 7 heteroatoms. The van der Waals surface area contributed by atoms with Crippen LogP contribution in [0.1, 0.15) is 13.3 Å². The minimum Gasteiger partial charge on any atom is -0.366 e. The Morgan fingerprint density at radius 1 is 1.50 bits per heavy atom. The third kappa shape index (κ3) is 3.02. The number of hydrogen-bond donors (Lipinski definition) is 1. The molecule has 0 aliphatic carbocycles. The third-order valence-electron chi connectivity index (χ3n) is 3.48. The molecule has 6 nitrogen and oxygen atoms in total. The Kier molecular flexibility index (Phi) is 4.24. The Bertz CT molecular complexity index is 403. The highest BCUT2D eigenvalue weighted by Gasteiger charge is 2.36. The lowest BCUT2D eigenvalue weighted by Gasteiger charge is -2.32. The van der Waals surface area contributed by atoms with Gasteiger partial charge in [-0.25, -0.2) is 8.42 Å². The van der Waals surface area contributed by atoms with E-state index in [4.69, 9.17) is 4.74 Å². The fourth-order valence-electron chi connectivity index (χ4n) is 2.52. The van der Waals surface area contributed by atoms with Gasteiger partial charge < -0.3 is 15.0 Å². The molecule has 18 heavy (non-hydrogen) atoms. The molecular weight excluding hydrogens is 256 g/mol. The summed E-state index contributed by atoms with van der Waals surface area (Å²) in [5.41, 5.74) is 0. The number of sulfone groups is 1. The largest absolute Gasteiger partial charge is 0.366 e. The van der Waals surface area contributed by atoms with E-state index in [1.807, 2.05) is 6.92 Å². The molecule has 2 saturated heterocycles. The number of amides is 1. The molecule has 2 atom stereocenters. The Balaban J connectivity index is 2.01. The molecule has 0 aromatic heterocycles. The second-order valence-corrected chi connectivity index (χ2v) is 6.97. The van der Waals surface area contributed by atoms with Crippen LogP contribution >= 0.6 is 0 Å². The smallest absolute Gasteiger partial charge is 0.253 e. The van der Waals surface area contributed by atoms with Gasteiger partial charge in [-0.2, -0.15) is 0 Å². The molecule has 2 unspecified atom stereocenters. The van der Waals surface area contributed by atoms with Gasteiger partial charge in [0.1, 0.15) is 6.10 Å². The van der Waals surface area contributed by atoms with Gasteiger partial charge in [0.2, 0.25) is 0 Å². The van der Waals surface area contributed by atoms with Crippen molar-refractivity contribution in [3.63, 3.8) is 0 Å². The van der Waals surface area contributed by atoms with E-state index < -0.39 is 15.9 Å². The van der Waals surface area contributed by atoms with Crippen LogP contribution in [0.3, 0.4) is 0 Å². The summed E-state index contributed by atoms with van der Waals surface area (Å²) in [7, 11) is -2.97. The fourth-order valence-corrected chi connectivity index (χ4v) is 4.25. The lowest BCUT2D eigenvalue weighted by molar-refractivity contribution is -0.146. The van der Waals surface area contributed by atoms with E-state index >= 15 is 0 Å². The molecule has 0 aromatic carbocycles. The first-order chi connectivity index (χ1) is 8.53. The number of rotatable bonds is 3. The van der Waals surface area contributed by atoms with E-state index in [1.165, 1.54) is 0 Å². The van der Waals surface area contributed by atoms with E-state index in [9.17, 15) is 13.2 Å². The summed E-state index contributed by atoms with van der Waals surface area (Å²) in [4.78, 5) is 13.9. The maximum atomic E-state index is 12.3. The van der Waals surface area contributed by atoms with Crippen molar-refractivity contribution in [2.75, 3.05) is 37.7 Å². The van der Waals surface area contributed by atoms with Crippen LogP contribution in [-0.2, 0) is 19.4 Å². The number of nitrogens with one attached hydrogen (secondary N) is 1. The van der Waals surface area contributed by atoms with Crippen molar-refractivity contribution >= 4 is 15.7 Å². The summed E-state index contributed by atoms with van der Waals surface area (Å²) in [5.74, 6) is 0.185. The number of hydrogen-bond acceptors (Lipinski definition) is 5. The minimum absolute atomic E-state index is 0.0900. The Hall–Kier alpha value is -0.660. The zero-order chi connectivity index (χ0) is 13.2. The summed E-state index contributed by atoms with van der Waals surface area (Å²) in [5, 5.41) is 3.11. The average molecular weight is 276 g/mol. The molecule has 2 fully saturated rings. The molecule has 2 heterocycles. The molecule has 2 aliphatic heterocycles. The van der Waals surface area contributed by atoms with Crippen LogP contribution in [-0.4, -0.2) is 69.1 Å². The van der Waals surface area contributed by atoms with Crippen molar-refractivity contribution in [2.45, 2.75) is 25.5 Å². The normalized spacial score (nSPS) is 31.2. The topological polar surface area (TPSA) is 75.7 Å². The predicted octanol–water partition coefficient (Wildman–Crippen LogP) is -0.990. The average Bonchev–Trinajstić information content (AvgIpc) is 2.71. The third-order valence-corrected chi connectivity index (χ3v) is 5.23. The van der Waals surface area contributed by atoms with Crippen molar-refractivity contribution in [1.29, 1.82) is 0 Å². The van der Waals surface area contributed by atoms with Crippen molar-refractivity contribution in [2.24, 2.45) is 0 Å². The van der Waals surface area contributed by atoms with Gasteiger partial charge >= 0.3 is 0 Å². The van der Waals surface area contributed by atoms with Gasteiger partial charge in [-0.1, -0.05) is 0 Å². The SMILES string of the molecule is CCN(C(=O)C1CNCCO1)C1CCS(=O)(=O)C1. The van der Waals surface area contributed by atoms with Gasteiger partial charge in [0, 0.05) is 25.7 Å².